The summed E-state index contributed by atoms with van der Waals surface area (Å²) in [6, 6.07) is 14.6. The lowest BCUT2D eigenvalue weighted by atomic mass is 10.2. The second-order valence-corrected chi connectivity index (χ2v) is 5.49. The Labute approximate surface area is 137 Å². The van der Waals surface area contributed by atoms with Gasteiger partial charge in [0.15, 0.2) is 6.10 Å². The molecule has 0 aliphatic heterocycles. The number of nitrogens with zero attached hydrogens (tertiary/aromatic N) is 2. The molecule has 0 bridgehead atoms. The van der Waals surface area contributed by atoms with E-state index in [1.165, 1.54) is 0 Å². The SMILES string of the molecule is C[C@H](Oc1ccc(Cl)cc1Cl)c1nnc(-c2ccccc2)o1. The van der Waals surface area contributed by atoms with Crippen molar-refractivity contribution in [3.8, 4) is 17.2 Å². The molecule has 1 heterocycles. The number of ether oxygens (including phenoxy) is 1. The largest absolute Gasteiger partial charge is 0.479 e. The molecule has 0 radical (unpaired) electrons. The van der Waals surface area contributed by atoms with Crippen molar-refractivity contribution in [2.75, 3.05) is 0 Å². The van der Waals surface area contributed by atoms with Gasteiger partial charge in [-0.05, 0) is 37.3 Å². The Morgan fingerprint density at radius 3 is 2.55 bits per heavy atom. The van der Waals surface area contributed by atoms with Gasteiger partial charge in [-0.25, -0.2) is 0 Å². The van der Waals surface area contributed by atoms with Gasteiger partial charge in [-0.3, -0.25) is 0 Å². The van der Waals surface area contributed by atoms with Crippen molar-refractivity contribution in [3.05, 3.63) is 64.5 Å². The molecule has 6 heteroatoms. The normalized spacial score (nSPS) is 12.1. The fraction of sp³-hybridized carbons (Fsp3) is 0.125. The lowest BCUT2D eigenvalue weighted by Crippen LogP contribution is -2.03. The maximum Gasteiger partial charge on any atom is 0.257 e. The van der Waals surface area contributed by atoms with E-state index >= 15 is 0 Å². The molecule has 0 N–H and O–H groups in total. The van der Waals surface area contributed by atoms with Crippen molar-refractivity contribution in [3.63, 3.8) is 0 Å². The minimum atomic E-state index is -0.427. The van der Waals surface area contributed by atoms with Crippen LogP contribution >= 0.6 is 23.2 Å². The first-order valence-electron chi connectivity index (χ1n) is 6.64. The summed E-state index contributed by atoms with van der Waals surface area (Å²) in [5, 5.41) is 9.04. The van der Waals surface area contributed by atoms with Crippen LogP contribution in [0.15, 0.2) is 52.9 Å². The fourth-order valence-corrected chi connectivity index (χ4v) is 2.36. The topological polar surface area (TPSA) is 48.2 Å². The number of halogens is 2. The molecule has 1 aromatic heterocycles. The minimum absolute atomic E-state index is 0.380. The summed E-state index contributed by atoms with van der Waals surface area (Å²) < 4.78 is 11.4. The lowest BCUT2D eigenvalue weighted by molar-refractivity contribution is 0.190. The van der Waals surface area contributed by atoms with E-state index in [0.29, 0.717) is 27.6 Å². The van der Waals surface area contributed by atoms with Gasteiger partial charge in [0.1, 0.15) is 5.75 Å². The fourth-order valence-electron chi connectivity index (χ4n) is 1.91. The van der Waals surface area contributed by atoms with Gasteiger partial charge in [0.2, 0.25) is 5.89 Å². The number of hydrogen-bond acceptors (Lipinski definition) is 4. The Kier molecular flexibility index (Phi) is 4.32. The highest BCUT2D eigenvalue weighted by atomic mass is 35.5. The third-order valence-corrected chi connectivity index (χ3v) is 3.54. The molecule has 4 nitrogen and oxygen atoms in total. The van der Waals surface area contributed by atoms with E-state index in [-0.39, 0.29) is 0 Å². The Hall–Kier alpha value is -2.04. The molecule has 0 unspecified atom stereocenters. The van der Waals surface area contributed by atoms with Crippen molar-refractivity contribution in [2.45, 2.75) is 13.0 Å². The van der Waals surface area contributed by atoms with Crippen molar-refractivity contribution in [1.29, 1.82) is 0 Å². The van der Waals surface area contributed by atoms with E-state index in [4.69, 9.17) is 32.4 Å². The van der Waals surface area contributed by atoms with Crippen LogP contribution in [0, 0.1) is 0 Å². The molecule has 0 fully saturated rings. The van der Waals surface area contributed by atoms with Crippen LogP contribution in [0.1, 0.15) is 18.9 Å². The van der Waals surface area contributed by atoms with Crippen molar-refractivity contribution >= 4 is 23.2 Å². The predicted octanol–water partition coefficient (Wildman–Crippen LogP) is 5.18. The average molecular weight is 335 g/mol. The molecule has 0 aliphatic carbocycles. The van der Waals surface area contributed by atoms with Crippen LogP contribution in [0.3, 0.4) is 0 Å². The molecule has 0 saturated heterocycles. The highest BCUT2D eigenvalue weighted by Crippen LogP contribution is 2.31. The highest BCUT2D eigenvalue weighted by Gasteiger charge is 2.17. The van der Waals surface area contributed by atoms with Gasteiger partial charge in [0, 0.05) is 10.6 Å². The molecule has 0 spiro atoms. The van der Waals surface area contributed by atoms with E-state index in [9.17, 15) is 0 Å². The Morgan fingerprint density at radius 2 is 1.82 bits per heavy atom. The summed E-state index contributed by atoms with van der Waals surface area (Å²) in [7, 11) is 0. The molecule has 22 heavy (non-hydrogen) atoms. The van der Waals surface area contributed by atoms with Crippen LogP contribution in [-0.4, -0.2) is 10.2 Å². The van der Waals surface area contributed by atoms with Crippen molar-refractivity contribution in [2.24, 2.45) is 0 Å². The molecule has 0 saturated carbocycles. The van der Waals surface area contributed by atoms with Crippen LogP contribution in [0.25, 0.3) is 11.5 Å². The predicted molar refractivity (Wildman–Crippen MR) is 85.2 cm³/mol. The second kappa shape index (κ2) is 6.38. The molecule has 112 valence electrons. The first kappa shape index (κ1) is 14.9. The zero-order chi connectivity index (χ0) is 15.5. The average Bonchev–Trinajstić information content (AvgIpc) is 3.01. The van der Waals surface area contributed by atoms with E-state index < -0.39 is 6.10 Å². The third kappa shape index (κ3) is 3.24. The zero-order valence-corrected chi connectivity index (χ0v) is 13.2. The van der Waals surface area contributed by atoms with Gasteiger partial charge in [-0.1, -0.05) is 41.4 Å². The standard InChI is InChI=1S/C16H12Cl2N2O2/c1-10(21-14-8-7-12(17)9-13(14)18)15-19-20-16(22-15)11-5-3-2-4-6-11/h2-10H,1H3/t10-/m0/s1. The molecule has 1 atom stereocenters. The van der Waals surface area contributed by atoms with Crippen LogP contribution in [0.4, 0.5) is 0 Å². The lowest BCUT2D eigenvalue weighted by Gasteiger charge is -2.12. The summed E-state index contributed by atoms with van der Waals surface area (Å²) in [6.07, 6.45) is -0.427. The third-order valence-electron chi connectivity index (χ3n) is 3.01. The maximum absolute atomic E-state index is 6.09. The van der Waals surface area contributed by atoms with Gasteiger partial charge in [0.05, 0.1) is 5.02 Å². The first-order chi connectivity index (χ1) is 10.6. The quantitative estimate of drug-likeness (QED) is 0.659. The molecule has 0 aliphatic rings. The zero-order valence-electron chi connectivity index (χ0n) is 11.7. The molecule has 2 aromatic carbocycles. The van der Waals surface area contributed by atoms with E-state index in [1.54, 1.807) is 18.2 Å². The smallest absolute Gasteiger partial charge is 0.257 e. The summed E-state index contributed by atoms with van der Waals surface area (Å²) in [4.78, 5) is 0. The van der Waals surface area contributed by atoms with Crippen LogP contribution in [0.2, 0.25) is 10.0 Å². The maximum atomic E-state index is 6.09. The molecular weight excluding hydrogens is 323 g/mol. The van der Waals surface area contributed by atoms with Crippen LogP contribution in [0.5, 0.6) is 5.75 Å². The Balaban J connectivity index is 1.78. The molecule has 3 aromatic rings. The second-order valence-electron chi connectivity index (χ2n) is 4.65. The molecule has 0 amide bonds. The molecule has 3 rings (SSSR count). The number of rotatable bonds is 4. The van der Waals surface area contributed by atoms with E-state index in [2.05, 4.69) is 10.2 Å². The summed E-state index contributed by atoms with van der Waals surface area (Å²) in [6.45, 7) is 1.81. The van der Waals surface area contributed by atoms with Gasteiger partial charge in [-0.15, -0.1) is 10.2 Å². The summed E-state index contributed by atoms with van der Waals surface area (Å²) in [5.74, 6) is 1.34. The van der Waals surface area contributed by atoms with Crippen molar-refractivity contribution < 1.29 is 9.15 Å². The van der Waals surface area contributed by atoms with Gasteiger partial charge < -0.3 is 9.15 Å². The van der Waals surface area contributed by atoms with Gasteiger partial charge >= 0.3 is 0 Å². The molecular formula is C16H12Cl2N2O2. The first-order valence-corrected chi connectivity index (χ1v) is 7.39. The Bertz CT molecular complexity index is 775. The summed E-state index contributed by atoms with van der Waals surface area (Å²) >= 11 is 11.9. The number of hydrogen-bond donors (Lipinski definition) is 0. The monoisotopic (exact) mass is 334 g/mol. The highest BCUT2D eigenvalue weighted by molar-refractivity contribution is 6.35. The number of aromatic nitrogens is 2. The van der Waals surface area contributed by atoms with Crippen LogP contribution < -0.4 is 4.74 Å². The van der Waals surface area contributed by atoms with E-state index in [1.807, 2.05) is 37.3 Å². The summed E-state index contributed by atoms with van der Waals surface area (Å²) in [5.41, 5.74) is 0.859. The Morgan fingerprint density at radius 1 is 1.05 bits per heavy atom. The van der Waals surface area contributed by atoms with Crippen LogP contribution in [-0.2, 0) is 0 Å². The van der Waals surface area contributed by atoms with Gasteiger partial charge in [-0.2, -0.15) is 0 Å². The van der Waals surface area contributed by atoms with Crippen molar-refractivity contribution in [1.82, 2.24) is 10.2 Å². The van der Waals surface area contributed by atoms with Gasteiger partial charge in [0.25, 0.3) is 5.89 Å². The number of benzene rings is 2. The minimum Gasteiger partial charge on any atom is -0.479 e. The van der Waals surface area contributed by atoms with E-state index in [0.717, 1.165) is 5.56 Å².